The van der Waals surface area contributed by atoms with Gasteiger partial charge in [-0.1, -0.05) is 38.8 Å². The van der Waals surface area contributed by atoms with Crippen LogP contribution >= 0.6 is 31.9 Å². The van der Waals surface area contributed by atoms with Crippen LogP contribution in [0.2, 0.25) is 0 Å². The van der Waals surface area contributed by atoms with Crippen LogP contribution in [0.4, 0.5) is 0 Å². The van der Waals surface area contributed by atoms with Crippen molar-refractivity contribution in [3.63, 3.8) is 0 Å². The van der Waals surface area contributed by atoms with E-state index < -0.39 is 0 Å². The number of piperidine rings is 1. The zero-order valence-corrected chi connectivity index (χ0v) is 9.28. The number of nitrogens with one attached hydrogen (secondary N) is 1. The lowest BCUT2D eigenvalue weighted by Crippen LogP contribution is -2.34. The fourth-order valence-corrected chi connectivity index (χ4v) is 3.86. The van der Waals surface area contributed by atoms with Crippen molar-refractivity contribution in [1.82, 2.24) is 5.32 Å². The van der Waals surface area contributed by atoms with Crippen molar-refractivity contribution in [2.75, 3.05) is 0 Å². The molecule has 0 spiro atoms. The van der Waals surface area contributed by atoms with Crippen LogP contribution in [0, 0.1) is 11.8 Å². The highest BCUT2D eigenvalue weighted by Crippen LogP contribution is 2.61. The molecule has 1 aliphatic heterocycles. The monoisotopic (exact) mass is 281 g/mol. The van der Waals surface area contributed by atoms with Crippen molar-refractivity contribution < 1.29 is 4.79 Å². The van der Waals surface area contributed by atoms with Crippen LogP contribution in [0.3, 0.4) is 0 Å². The molecule has 62 valence electrons. The van der Waals surface area contributed by atoms with Gasteiger partial charge in [0, 0.05) is 12.3 Å². The lowest BCUT2D eigenvalue weighted by atomic mass is 9.99. The summed E-state index contributed by atoms with van der Waals surface area (Å²) in [6.45, 7) is 2.13. The molecule has 1 amide bonds. The van der Waals surface area contributed by atoms with E-state index >= 15 is 0 Å². The number of amides is 1. The molecule has 0 aromatic heterocycles. The van der Waals surface area contributed by atoms with E-state index in [4.69, 9.17) is 0 Å². The van der Waals surface area contributed by atoms with Gasteiger partial charge in [0.15, 0.2) is 0 Å². The summed E-state index contributed by atoms with van der Waals surface area (Å²) in [7, 11) is 0. The maximum atomic E-state index is 11.0. The Morgan fingerprint density at radius 2 is 2.27 bits per heavy atom. The van der Waals surface area contributed by atoms with E-state index in [1.54, 1.807) is 0 Å². The van der Waals surface area contributed by atoms with Gasteiger partial charge in [-0.15, -0.1) is 0 Å². The number of fused-ring (bicyclic) bond motifs is 1. The van der Waals surface area contributed by atoms with Crippen molar-refractivity contribution >= 4 is 37.8 Å². The molecule has 0 unspecified atom stereocenters. The highest BCUT2D eigenvalue weighted by Gasteiger charge is 2.66. The average Bonchev–Trinajstić information content (AvgIpc) is 2.34. The summed E-state index contributed by atoms with van der Waals surface area (Å²) in [6.07, 6.45) is 0.667. The molecular formula is C7H9Br2NO. The highest BCUT2D eigenvalue weighted by molar-refractivity contribution is 9.25. The predicted molar refractivity (Wildman–Crippen MR) is 49.8 cm³/mol. The average molecular weight is 283 g/mol. The van der Waals surface area contributed by atoms with Gasteiger partial charge in [0.1, 0.15) is 3.23 Å². The Hall–Kier alpha value is 0.430. The normalized spacial score (nSPS) is 46.1. The molecule has 1 N–H and O–H groups in total. The molecule has 2 fully saturated rings. The van der Waals surface area contributed by atoms with Crippen molar-refractivity contribution in [2.45, 2.75) is 22.6 Å². The Labute approximate surface area is 82.4 Å². The third-order valence-electron chi connectivity index (χ3n) is 2.55. The molecule has 3 atom stereocenters. The summed E-state index contributed by atoms with van der Waals surface area (Å²) in [4.78, 5) is 11.0. The number of hydrogen-bond acceptors (Lipinski definition) is 1. The van der Waals surface area contributed by atoms with Crippen LogP contribution < -0.4 is 5.32 Å². The zero-order chi connectivity index (χ0) is 8.22. The van der Waals surface area contributed by atoms with Crippen LogP contribution in [0.1, 0.15) is 13.3 Å². The molecule has 1 aliphatic carbocycles. The standard InChI is InChI=1S/C7H9Br2NO/c1-3-2-4(11)10-6-5(3)7(6,8)9/h3,5-6H,2H2,1H3,(H,10,11)/t3-,5-,6+/m0/s1. The first-order valence-electron chi connectivity index (χ1n) is 3.70. The van der Waals surface area contributed by atoms with E-state index in [0.29, 0.717) is 24.3 Å². The zero-order valence-electron chi connectivity index (χ0n) is 6.10. The van der Waals surface area contributed by atoms with Gasteiger partial charge >= 0.3 is 0 Å². The van der Waals surface area contributed by atoms with Gasteiger partial charge in [0.05, 0.1) is 6.04 Å². The van der Waals surface area contributed by atoms with Gasteiger partial charge in [-0.05, 0) is 5.92 Å². The minimum Gasteiger partial charge on any atom is -0.351 e. The maximum absolute atomic E-state index is 11.0. The Kier molecular flexibility index (Phi) is 1.63. The van der Waals surface area contributed by atoms with Gasteiger partial charge in [0.25, 0.3) is 0 Å². The molecule has 2 aliphatic rings. The van der Waals surface area contributed by atoms with E-state index in [9.17, 15) is 4.79 Å². The van der Waals surface area contributed by atoms with Crippen LogP contribution in [0.15, 0.2) is 0 Å². The molecule has 11 heavy (non-hydrogen) atoms. The summed E-state index contributed by atoms with van der Waals surface area (Å²) in [5, 5.41) is 2.94. The third-order valence-corrected chi connectivity index (χ3v) is 4.59. The van der Waals surface area contributed by atoms with Gasteiger partial charge in [0.2, 0.25) is 5.91 Å². The molecule has 0 aromatic rings. The number of hydrogen-bond donors (Lipinski definition) is 1. The molecule has 2 rings (SSSR count). The lowest BCUT2D eigenvalue weighted by Gasteiger charge is -2.15. The Bertz CT molecular complexity index is 216. The van der Waals surface area contributed by atoms with E-state index in [2.05, 4.69) is 44.1 Å². The smallest absolute Gasteiger partial charge is 0.220 e. The Balaban J connectivity index is 2.17. The second-order valence-electron chi connectivity index (χ2n) is 3.43. The second-order valence-corrected chi connectivity index (χ2v) is 7.12. The molecule has 2 nitrogen and oxygen atoms in total. The molecule has 1 saturated heterocycles. The fourth-order valence-electron chi connectivity index (χ4n) is 1.90. The molecule has 0 radical (unpaired) electrons. The number of carbonyl (C=O) groups excluding carboxylic acids is 1. The molecule has 1 heterocycles. The quantitative estimate of drug-likeness (QED) is 0.673. The summed E-state index contributed by atoms with van der Waals surface area (Å²) < 4.78 is -0.00836. The highest BCUT2D eigenvalue weighted by atomic mass is 79.9. The van der Waals surface area contributed by atoms with Crippen LogP contribution in [0.25, 0.3) is 0 Å². The molecule has 4 heteroatoms. The summed E-state index contributed by atoms with van der Waals surface area (Å²) in [5.74, 6) is 1.24. The maximum Gasteiger partial charge on any atom is 0.220 e. The van der Waals surface area contributed by atoms with E-state index in [0.717, 1.165) is 0 Å². The Morgan fingerprint density at radius 1 is 1.64 bits per heavy atom. The summed E-state index contributed by atoms with van der Waals surface area (Å²) in [6, 6.07) is 0.304. The van der Waals surface area contributed by atoms with Crippen LogP contribution in [-0.4, -0.2) is 15.2 Å². The van der Waals surface area contributed by atoms with Crippen molar-refractivity contribution in [3.05, 3.63) is 0 Å². The van der Waals surface area contributed by atoms with Gasteiger partial charge in [-0.25, -0.2) is 0 Å². The third kappa shape index (κ3) is 1.06. The SMILES string of the molecule is C[C@H]1CC(=O)N[C@@H]2[C@H]1C2(Br)Br. The van der Waals surface area contributed by atoms with E-state index in [-0.39, 0.29) is 9.14 Å². The predicted octanol–water partition coefficient (Wildman–Crippen LogP) is 1.63. The lowest BCUT2D eigenvalue weighted by molar-refractivity contribution is -0.123. The fraction of sp³-hybridized carbons (Fsp3) is 0.857. The molecular weight excluding hydrogens is 274 g/mol. The van der Waals surface area contributed by atoms with Crippen molar-refractivity contribution in [2.24, 2.45) is 11.8 Å². The second kappa shape index (κ2) is 2.22. The molecule has 0 aromatic carbocycles. The molecule has 0 bridgehead atoms. The van der Waals surface area contributed by atoms with E-state index in [1.165, 1.54) is 0 Å². The first kappa shape index (κ1) is 8.05. The number of carbonyl (C=O) groups is 1. The van der Waals surface area contributed by atoms with Crippen molar-refractivity contribution in [3.8, 4) is 0 Å². The topological polar surface area (TPSA) is 29.1 Å². The summed E-state index contributed by atoms with van der Waals surface area (Å²) >= 11 is 7.10. The van der Waals surface area contributed by atoms with Crippen molar-refractivity contribution in [1.29, 1.82) is 0 Å². The number of alkyl halides is 2. The van der Waals surface area contributed by atoms with Crippen LogP contribution in [0.5, 0.6) is 0 Å². The first-order valence-corrected chi connectivity index (χ1v) is 5.29. The first-order chi connectivity index (χ1) is 5.03. The van der Waals surface area contributed by atoms with E-state index in [1.807, 2.05) is 0 Å². The van der Waals surface area contributed by atoms with Crippen LogP contribution in [-0.2, 0) is 4.79 Å². The number of halogens is 2. The Morgan fingerprint density at radius 3 is 2.82 bits per heavy atom. The molecule has 1 saturated carbocycles. The largest absolute Gasteiger partial charge is 0.351 e. The van der Waals surface area contributed by atoms with Gasteiger partial charge in [-0.3, -0.25) is 4.79 Å². The van der Waals surface area contributed by atoms with Gasteiger partial charge in [-0.2, -0.15) is 0 Å². The summed E-state index contributed by atoms with van der Waals surface area (Å²) in [5.41, 5.74) is 0. The number of rotatable bonds is 0. The van der Waals surface area contributed by atoms with Gasteiger partial charge < -0.3 is 5.32 Å². The minimum atomic E-state index is -0.00836. The minimum absolute atomic E-state index is 0.00836.